The molecule has 3 heteroatoms. The largest absolute Gasteiger partial charge is 0.293 e. The lowest BCUT2D eigenvalue weighted by Gasteiger charge is -1.96. The van der Waals surface area contributed by atoms with Crippen molar-refractivity contribution in [2.45, 2.75) is 13.3 Å². The molecule has 0 unspecified atom stereocenters. The molecule has 1 aromatic heterocycles. The van der Waals surface area contributed by atoms with Gasteiger partial charge in [-0.25, -0.2) is 0 Å². The number of Topliss-reactive ketones (excluding diaryl/α,β-unsaturated/α-hetero) is 1. The van der Waals surface area contributed by atoms with E-state index in [1.165, 1.54) is 0 Å². The second-order valence-electron chi connectivity index (χ2n) is 2.60. The fraction of sp³-hybridized carbons (Fsp3) is 0.444. The molecular formula is C9H12OS2. The summed E-state index contributed by atoms with van der Waals surface area (Å²) >= 11 is 3.27. The molecule has 0 atom stereocenters. The number of aryl methyl sites for hydroxylation is 1. The van der Waals surface area contributed by atoms with Crippen molar-refractivity contribution in [3.8, 4) is 0 Å². The molecule has 0 saturated heterocycles. The van der Waals surface area contributed by atoms with Crippen LogP contribution in [0.5, 0.6) is 0 Å². The Kier molecular flexibility index (Phi) is 3.82. The van der Waals surface area contributed by atoms with Gasteiger partial charge in [-0.2, -0.15) is 11.8 Å². The van der Waals surface area contributed by atoms with E-state index in [0.717, 1.165) is 16.2 Å². The maximum absolute atomic E-state index is 11.5. The van der Waals surface area contributed by atoms with Crippen molar-refractivity contribution in [3.63, 3.8) is 0 Å². The molecule has 1 nitrogen and oxygen atoms in total. The molecule has 0 aromatic carbocycles. The van der Waals surface area contributed by atoms with Gasteiger partial charge in [0.05, 0.1) is 4.88 Å². The predicted molar refractivity (Wildman–Crippen MR) is 56.4 cm³/mol. The van der Waals surface area contributed by atoms with Crippen LogP contribution in [0.4, 0.5) is 0 Å². The number of thioether (sulfide) groups is 1. The van der Waals surface area contributed by atoms with Crippen LogP contribution in [0, 0.1) is 6.92 Å². The summed E-state index contributed by atoms with van der Waals surface area (Å²) < 4.78 is 0. The Bertz CT molecular complexity index is 265. The normalized spacial score (nSPS) is 10.2. The van der Waals surface area contributed by atoms with Crippen LogP contribution in [0.2, 0.25) is 0 Å². The molecule has 0 amide bonds. The van der Waals surface area contributed by atoms with Crippen molar-refractivity contribution in [1.82, 2.24) is 0 Å². The molecule has 66 valence electrons. The molecule has 0 aliphatic rings. The van der Waals surface area contributed by atoms with E-state index >= 15 is 0 Å². The van der Waals surface area contributed by atoms with Gasteiger partial charge in [-0.15, -0.1) is 11.3 Å². The Morgan fingerprint density at radius 3 is 2.92 bits per heavy atom. The number of rotatable bonds is 4. The zero-order valence-corrected chi connectivity index (χ0v) is 8.93. The van der Waals surface area contributed by atoms with Gasteiger partial charge in [0, 0.05) is 12.2 Å². The Hall–Kier alpha value is -0.280. The van der Waals surface area contributed by atoms with Gasteiger partial charge in [-0.1, -0.05) is 0 Å². The van der Waals surface area contributed by atoms with Crippen molar-refractivity contribution in [2.75, 3.05) is 12.0 Å². The van der Waals surface area contributed by atoms with Gasteiger partial charge < -0.3 is 0 Å². The molecule has 0 saturated carbocycles. The highest BCUT2D eigenvalue weighted by molar-refractivity contribution is 7.98. The monoisotopic (exact) mass is 200 g/mol. The van der Waals surface area contributed by atoms with E-state index in [9.17, 15) is 4.79 Å². The van der Waals surface area contributed by atoms with Crippen LogP contribution < -0.4 is 0 Å². The van der Waals surface area contributed by atoms with Crippen molar-refractivity contribution in [3.05, 3.63) is 21.9 Å². The summed E-state index contributed by atoms with van der Waals surface area (Å²) in [5, 5.41) is 1.97. The number of ketones is 1. The second kappa shape index (κ2) is 4.67. The summed E-state index contributed by atoms with van der Waals surface area (Å²) in [7, 11) is 0. The van der Waals surface area contributed by atoms with Crippen LogP contribution in [-0.2, 0) is 0 Å². The highest BCUT2D eigenvalue weighted by Gasteiger charge is 2.08. The molecular weight excluding hydrogens is 188 g/mol. The van der Waals surface area contributed by atoms with E-state index in [0.29, 0.717) is 6.42 Å². The van der Waals surface area contributed by atoms with Crippen molar-refractivity contribution < 1.29 is 4.79 Å². The number of hydrogen-bond acceptors (Lipinski definition) is 3. The summed E-state index contributed by atoms with van der Waals surface area (Å²) in [5.74, 6) is 1.22. The minimum atomic E-state index is 0.289. The molecule has 1 aromatic rings. The lowest BCUT2D eigenvalue weighted by atomic mass is 10.2. The van der Waals surface area contributed by atoms with Gasteiger partial charge in [0.2, 0.25) is 0 Å². The lowest BCUT2D eigenvalue weighted by molar-refractivity contribution is 0.0993. The third-order valence-electron chi connectivity index (χ3n) is 1.65. The van der Waals surface area contributed by atoms with Gasteiger partial charge in [-0.3, -0.25) is 4.79 Å². The Morgan fingerprint density at radius 1 is 1.67 bits per heavy atom. The quantitative estimate of drug-likeness (QED) is 0.695. The summed E-state index contributed by atoms with van der Waals surface area (Å²) in [6.07, 6.45) is 2.69. The lowest BCUT2D eigenvalue weighted by Crippen LogP contribution is -1.98. The average molecular weight is 200 g/mol. The van der Waals surface area contributed by atoms with Crippen LogP contribution in [0.15, 0.2) is 11.4 Å². The number of hydrogen-bond donors (Lipinski definition) is 0. The smallest absolute Gasteiger partial charge is 0.173 e. The maximum atomic E-state index is 11.5. The molecule has 0 radical (unpaired) electrons. The Labute approximate surface area is 81.2 Å². The third-order valence-corrected chi connectivity index (χ3v) is 3.32. The molecule has 1 heterocycles. The summed E-state index contributed by atoms with van der Waals surface area (Å²) in [4.78, 5) is 12.4. The summed E-state index contributed by atoms with van der Waals surface area (Å²) in [5.41, 5.74) is 1.12. The van der Waals surface area contributed by atoms with Gasteiger partial charge in [-0.05, 0) is 30.2 Å². The highest BCUT2D eigenvalue weighted by Crippen LogP contribution is 2.18. The van der Waals surface area contributed by atoms with Crippen LogP contribution in [0.3, 0.4) is 0 Å². The first-order chi connectivity index (χ1) is 5.75. The first-order valence-corrected chi connectivity index (χ1v) is 6.09. The molecule has 1 rings (SSSR count). The van der Waals surface area contributed by atoms with Gasteiger partial charge in [0.1, 0.15) is 0 Å². The first kappa shape index (κ1) is 9.81. The predicted octanol–water partition coefficient (Wildman–Crippen LogP) is 2.99. The molecule has 0 aliphatic heterocycles. The molecule has 0 fully saturated rings. The Balaban J connectivity index is 2.59. The average Bonchev–Trinajstić information content (AvgIpc) is 2.47. The van der Waals surface area contributed by atoms with Crippen molar-refractivity contribution in [1.29, 1.82) is 0 Å². The highest BCUT2D eigenvalue weighted by atomic mass is 32.2. The number of carbonyl (C=O) groups excluding carboxylic acids is 1. The van der Waals surface area contributed by atoms with E-state index in [1.807, 2.05) is 24.6 Å². The van der Waals surface area contributed by atoms with Gasteiger partial charge in [0.25, 0.3) is 0 Å². The van der Waals surface area contributed by atoms with E-state index in [1.54, 1.807) is 23.1 Å². The minimum Gasteiger partial charge on any atom is -0.293 e. The topological polar surface area (TPSA) is 17.1 Å². The van der Waals surface area contributed by atoms with Crippen LogP contribution in [0.25, 0.3) is 0 Å². The van der Waals surface area contributed by atoms with E-state index in [-0.39, 0.29) is 5.78 Å². The zero-order chi connectivity index (χ0) is 8.97. The summed E-state index contributed by atoms with van der Waals surface area (Å²) in [6.45, 7) is 1.99. The van der Waals surface area contributed by atoms with E-state index in [2.05, 4.69) is 0 Å². The number of thiophene rings is 1. The van der Waals surface area contributed by atoms with Crippen molar-refractivity contribution in [2.24, 2.45) is 0 Å². The molecule has 0 spiro atoms. The Morgan fingerprint density at radius 2 is 2.42 bits per heavy atom. The van der Waals surface area contributed by atoms with Crippen LogP contribution in [-0.4, -0.2) is 17.8 Å². The van der Waals surface area contributed by atoms with Crippen molar-refractivity contribution >= 4 is 28.9 Å². The SMILES string of the molecule is CSCCC(=O)c1sccc1C. The third kappa shape index (κ3) is 2.35. The minimum absolute atomic E-state index is 0.289. The molecule has 0 bridgehead atoms. The van der Waals surface area contributed by atoms with Gasteiger partial charge >= 0.3 is 0 Å². The number of carbonyl (C=O) groups is 1. The second-order valence-corrected chi connectivity index (χ2v) is 4.50. The first-order valence-electron chi connectivity index (χ1n) is 3.82. The summed E-state index contributed by atoms with van der Waals surface area (Å²) in [6, 6.07) is 2.00. The van der Waals surface area contributed by atoms with Crippen LogP contribution in [0.1, 0.15) is 21.7 Å². The van der Waals surface area contributed by atoms with E-state index < -0.39 is 0 Å². The maximum Gasteiger partial charge on any atom is 0.173 e. The molecule has 0 N–H and O–H groups in total. The fourth-order valence-electron chi connectivity index (χ4n) is 0.967. The standard InChI is InChI=1S/C9H12OS2/c1-7-3-6-12-9(7)8(10)4-5-11-2/h3,6H,4-5H2,1-2H3. The zero-order valence-electron chi connectivity index (χ0n) is 7.29. The van der Waals surface area contributed by atoms with Gasteiger partial charge in [0.15, 0.2) is 5.78 Å². The fourth-order valence-corrected chi connectivity index (χ4v) is 2.25. The van der Waals surface area contributed by atoms with Crippen LogP contribution >= 0.6 is 23.1 Å². The van der Waals surface area contributed by atoms with E-state index in [4.69, 9.17) is 0 Å². The molecule has 12 heavy (non-hydrogen) atoms. The molecule has 0 aliphatic carbocycles.